The van der Waals surface area contributed by atoms with Gasteiger partial charge in [-0.05, 0) is 35.7 Å². The summed E-state index contributed by atoms with van der Waals surface area (Å²) in [6, 6.07) is 7.65. The predicted octanol–water partition coefficient (Wildman–Crippen LogP) is 2.42. The molecule has 0 bridgehead atoms. The van der Waals surface area contributed by atoms with E-state index in [4.69, 9.17) is 28.9 Å². The molecule has 0 atom stereocenters. The number of halogens is 2. The van der Waals surface area contributed by atoms with Crippen molar-refractivity contribution in [1.29, 1.82) is 0 Å². The van der Waals surface area contributed by atoms with Crippen molar-refractivity contribution in [3.05, 3.63) is 40.1 Å². The maximum Gasteiger partial charge on any atom is 0.228 e. The molecule has 7 heteroatoms. The molecule has 2 rings (SSSR count). The number of nitrogens with zero attached hydrogens (tertiary/aromatic N) is 3. The molecule has 0 amide bonds. The van der Waals surface area contributed by atoms with E-state index in [0.29, 0.717) is 12.5 Å². The van der Waals surface area contributed by atoms with Gasteiger partial charge in [-0.2, -0.15) is 15.0 Å². The second-order valence-corrected chi connectivity index (χ2v) is 4.36. The van der Waals surface area contributed by atoms with Crippen LogP contribution in [-0.4, -0.2) is 21.5 Å². The van der Waals surface area contributed by atoms with E-state index in [1.165, 1.54) is 5.56 Å². The lowest BCUT2D eigenvalue weighted by Crippen LogP contribution is -2.10. The maximum absolute atomic E-state index is 5.81. The summed E-state index contributed by atoms with van der Waals surface area (Å²) >= 11 is 11.5. The van der Waals surface area contributed by atoms with Gasteiger partial charge in [0.05, 0.1) is 0 Å². The number of hydrogen-bond acceptors (Lipinski definition) is 5. The maximum atomic E-state index is 5.81. The predicted molar refractivity (Wildman–Crippen MR) is 72.9 cm³/mol. The standard InChI is InChI=1S/C11H11Cl2N5/c12-8-3-1-7(2-4-8)5-6-15-11-17-9(13)16-10(14)18-11/h1-4H,5-6H2,(H3,14,15,16,17,18). The van der Waals surface area contributed by atoms with Crippen molar-refractivity contribution in [2.45, 2.75) is 6.42 Å². The van der Waals surface area contributed by atoms with Crippen LogP contribution in [0.25, 0.3) is 0 Å². The van der Waals surface area contributed by atoms with Crippen LogP contribution in [0.4, 0.5) is 11.9 Å². The molecule has 1 aromatic heterocycles. The summed E-state index contributed by atoms with van der Waals surface area (Å²) in [4.78, 5) is 11.5. The first-order valence-electron chi connectivity index (χ1n) is 5.29. The van der Waals surface area contributed by atoms with Crippen molar-refractivity contribution in [2.24, 2.45) is 0 Å². The highest BCUT2D eigenvalue weighted by atomic mass is 35.5. The zero-order chi connectivity index (χ0) is 13.0. The van der Waals surface area contributed by atoms with E-state index in [9.17, 15) is 0 Å². The Balaban J connectivity index is 1.90. The average Bonchev–Trinajstić information content (AvgIpc) is 2.30. The molecular formula is C11H11Cl2N5. The number of nitrogens with one attached hydrogen (secondary N) is 1. The molecule has 2 aromatic rings. The molecule has 0 aliphatic rings. The zero-order valence-corrected chi connectivity index (χ0v) is 10.9. The highest BCUT2D eigenvalue weighted by Crippen LogP contribution is 2.10. The average molecular weight is 284 g/mol. The lowest BCUT2D eigenvalue weighted by atomic mass is 10.1. The van der Waals surface area contributed by atoms with Crippen LogP contribution in [0.3, 0.4) is 0 Å². The first-order valence-corrected chi connectivity index (χ1v) is 6.04. The van der Waals surface area contributed by atoms with Crippen molar-refractivity contribution in [3.8, 4) is 0 Å². The third kappa shape index (κ3) is 3.72. The van der Waals surface area contributed by atoms with Gasteiger partial charge in [-0.15, -0.1) is 0 Å². The van der Waals surface area contributed by atoms with E-state index in [2.05, 4.69) is 20.3 Å². The van der Waals surface area contributed by atoms with Gasteiger partial charge in [0.2, 0.25) is 17.2 Å². The lowest BCUT2D eigenvalue weighted by Gasteiger charge is -2.05. The molecule has 18 heavy (non-hydrogen) atoms. The lowest BCUT2D eigenvalue weighted by molar-refractivity contribution is 0.968. The minimum Gasteiger partial charge on any atom is -0.368 e. The van der Waals surface area contributed by atoms with E-state index in [1.807, 2.05) is 24.3 Å². The second kappa shape index (κ2) is 5.84. The Morgan fingerprint density at radius 1 is 1.06 bits per heavy atom. The largest absolute Gasteiger partial charge is 0.368 e. The van der Waals surface area contributed by atoms with Crippen molar-refractivity contribution in [2.75, 3.05) is 17.6 Å². The fourth-order valence-corrected chi connectivity index (χ4v) is 1.71. The Bertz CT molecular complexity index is 509. The van der Waals surface area contributed by atoms with Crippen LogP contribution in [0, 0.1) is 0 Å². The Morgan fingerprint density at radius 2 is 1.78 bits per heavy atom. The summed E-state index contributed by atoms with van der Waals surface area (Å²) in [5, 5.41) is 3.84. The summed E-state index contributed by atoms with van der Waals surface area (Å²) in [6.07, 6.45) is 0.820. The number of benzene rings is 1. The number of nitrogens with two attached hydrogens (primary N) is 1. The number of anilines is 2. The Hall–Kier alpha value is -1.59. The van der Waals surface area contributed by atoms with E-state index < -0.39 is 0 Å². The van der Waals surface area contributed by atoms with Gasteiger partial charge < -0.3 is 11.1 Å². The molecule has 0 radical (unpaired) electrons. The van der Waals surface area contributed by atoms with Crippen LogP contribution < -0.4 is 11.1 Å². The molecule has 0 spiro atoms. The summed E-state index contributed by atoms with van der Waals surface area (Å²) in [5.41, 5.74) is 6.62. The number of aromatic nitrogens is 3. The minimum atomic E-state index is 0.0801. The van der Waals surface area contributed by atoms with Crippen LogP contribution in [-0.2, 0) is 6.42 Å². The molecule has 0 aliphatic heterocycles. The Labute approximate surface area is 114 Å². The van der Waals surface area contributed by atoms with Crippen LogP contribution in [0.5, 0.6) is 0 Å². The highest BCUT2D eigenvalue weighted by molar-refractivity contribution is 6.30. The molecule has 3 N–H and O–H groups in total. The molecule has 0 saturated heterocycles. The van der Waals surface area contributed by atoms with Crippen molar-refractivity contribution >= 4 is 35.1 Å². The van der Waals surface area contributed by atoms with Crippen molar-refractivity contribution < 1.29 is 0 Å². The van der Waals surface area contributed by atoms with Gasteiger partial charge in [-0.3, -0.25) is 0 Å². The molecule has 0 unspecified atom stereocenters. The topological polar surface area (TPSA) is 76.7 Å². The SMILES string of the molecule is Nc1nc(Cl)nc(NCCc2ccc(Cl)cc2)n1. The first-order chi connectivity index (χ1) is 8.63. The van der Waals surface area contributed by atoms with Gasteiger partial charge in [0.1, 0.15) is 0 Å². The molecule has 1 heterocycles. The highest BCUT2D eigenvalue weighted by Gasteiger charge is 2.01. The Kier molecular flexibility index (Phi) is 4.17. The summed E-state index contributed by atoms with van der Waals surface area (Å²) in [7, 11) is 0. The van der Waals surface area contributed by atoms with Gasteiger partial charge in [0.25, 0.3) is 0 Å². The van der Waals surface area contributed by atoms with Crippen LogP contribution in [0.1, 0.15) is 5.56 Å². The van der Waals surface area contributed by atoms with Crippen LogP contribution >= 0.6 is 23.2 Å². The molecule has 0 fully saturated rings. The summed E-state index contributed by atoms with van der Waals surface area (Å²) in [5.74, 6) is 0.477. The zero-order valence-electron chi connectivity index (χ0n) is 9.40. The van der Waals surface area contributed by atoms with Crippen LogP contribution in [0.2, 0.25) is 10.3 Å². The Morgan fingerprint density at radius 3 is 2.44 bits per heavy atom. The minimum absolute atomic E-state index is 0.0801. The van der Waals surface area contributed by atoms with E-state index in [0.717, 1.165) is 11.4 Å². The van der Waals surface area contributed by atoms with Gasteiger partial charge in [-0.1, -0.05) is 23.7 Å². The van der Waals surface area contributed by atoms with E-state index in [1.54, 1.807) is 0 Å². The first kappa shape index (κ1) is 12.9. The smallest absolute Gasteiger partial charge is 0.228 e. The van der Waals surface area contributed by atoms with Crippen molar-refractivity contribution in [3.63, 3.8) is 0 Å². The summed E-state index contributed by atoms with van der Waals surface area (Å²) < 4.78 is 0. The number of hydrogen-bond donors (Lipinski definition) is 2. The van der Waals surface area contributed by atoms with E-state index >= 15 is 0 Å². The van der Waals surface area contributed by atoms with Crippen LogP contribution in [0.15, 0.2) is 24.3 Å². The molecule has 0 aliphatic carbocycles. The molecule has 0 saturated carbocycles. The fourth-order valence-electron chi connectivity index (χ4n) is 1.41. The normalized spacial score (nSPS) is 10.3. The van der Waals surface area contributed by atoms with Gasteiger partial charge in [0, 0.05) is 11.6 Å². The van der Waals surface area contributed by atoms with Gasteiger partial charge >= 0.3 is 0 Å². The third-order valence-electron chi connectivity index (χ3n) is 2.24. The third-order valence-corrected chi connectivity index (χ3v) is 2.66. The van der Waals surface area contributed by atoms with E-state index in [-0.39, 0.29) is 11.2 Å². The van der Waals surface area contributed by atoms with Gasteiger partial charge in [-0.25, -0.2) is 0 Å². The molecular weight excluding hydrogens is 273 g/mol. The quantitative estimate of drug-likeness (QED) is 0.901. The molecule has 5 nitrogen and oxygen atoms in total. The summed E-state index contributed by atoms with van der Waals surface area (Å²) in [6.45, 7) is 0.668. The second-order valence-electron chi connectivity index (χ2n) is 3.59. The number of nitrogen functional groups attached to an aromatic ring is 1. The monoisotopic (exact) mass is 283 g/mol. The molecule has 94 valence electrons. The van der Waals surface area contributed by atoms with Gasteiger partial charge in [0.15, 0.2) is 0 Å². The fraction of sp³-hybridized carbons (Fsp3) is 0.182. The number of rotatable bonds is 4. The van der Waals surface area contributed by atoms with Crippen molar-refractivity contribution in [1.82, 2.24) is 15.0 Å². The molecule has 1 aromatic carbocycles.